The first kappa shape index (κ1) is 34.5. The Morgan fingerprint density at radius 3 is 1.29 bits per heavy atom. The summed E-state index contributed by atoms with van der Waals surface area (Å²) in [5.74, 6) is 1.93. The topological polar surface area (TPSA) is 38.7 Å². The molecule has 0 saturated heterocycles. The second kappa shape index (κ2) is 14.3. The molecule has 0 atom stereocenters. The third-order valence-electron chi connectivity index (χ3n) is 11.8. The van der Waals surface area contributed by atoms with Crippen molar-refractivity contribution in [2.24, 2.45) is 0 Å². The molecule has 0 radical (unpaired) electrons. The second-order valence-corrected chi connectivity index (χ2v) is 15.1. The molecular weight excluding hydrogens is 715 g/mol. The lowest BCUT2D eigenvalue weighted by Gasteiger charge is -2.34. The molecule has 3 heteroatoms. The molecule has 1 aromatic heterocycles. The van der Waals surface area contributed by atoms with Gasteiger partial charge in [0.25, 0.3) is 0 Å². The van der Waals surface area contributed by atoms with Gasteiger partial charge in [-0.05, 0) is 84.6 Å². The fraction of sp³-hybridized carbons (Fsp3) is 0.0179. The molecule has 59 heavy (non-hydrogen) atoms. The maximum atomic E-state index is 5.02. The summed E-state index contributed by atoms with van der Waals surface area (Å²) in [7, 11) is 0. The van der Waals surface area contributed by atoms with Crippen LogP contribution >= 0.6 is 0 Å². The van der Waals surface area contributed by atoms with Crippen LogP contribution in [0, 0.1) is 0 Å². The molecule has 1 aliphatic carbocycles. The average Bonchev–Trinajstić information content (AvgIpc) is 3.62. The standard InChI is InChI=1S/C56H37N3/c1-5-18-40(19-6-1)53-57-54(41-20-7-2-8-21-41)59-55(58-53)42-32-30-39(31-33-42)48-36-50-47-27-15-16-28-51(47)56(45-23-9-3-10-24-45,46-25-11-4-12-26-46)52(50)37-49(48)44-34-29-38-17-13-14-22-43(38)35-44/h1-37H. The molecule has 3 nitrogen and oxygen atoms in total. The second-order valence-electron chi connectivity index (χ2n) is 15.1. The molecule has 1 aliphatic rings. The normalized spacial score (nSPS) is 12.5. The smallest absolute Gasteiger partial charge is 0.164 e. The van der Waals surface area contributed by atoms with Crippen LogP contribution in [0.4, 0.5) is 0 Å². The van der Waals surface area contributed by atoms with Gasteiger partial charge in [0.15, 0.2) is 17.5 Å². The van der Waals surface area contributed by atoms with E-state index in [1.165, 1.54) is 60.8 Å². The van der Waals surface area contributed by atoms with E-state index in [0.29, 0.717) is 17.5 Å². The summed E-state index contributed by atoms with van der Waals surface area (Å²) in [5.41, 5.74) is 14.5. The Labute approximate surface area is 344 Å². The molecule has 0 fully saturated rings. The van der Waals surface area contributed by atoms with Gasteiger partial charge in [-0.3, -0.25) is 0 Å². The van der Waals surface area contributed by atoms with E-state index >= 15 is 0 Å². The maximum absolute atomic E-state index is 5.02. The summed E-state index contributed by atoms with van der Waals surface area (Å²) in [6.07, 6.45) is 0. The van der Waals surface area contributed by atoms with E-state index < -0.39 is 5.41 Å². The SMILES string of the molecule is c1ccc(-c2nc(-c3ccccc3)nc(-c3ccc(-c4cc5c(cc4-c4ccc6ccccc6c4)C(c4ccccc4)(c4ccccc4)c4ccccc4-5)cc3)n2)cc1. The van der Waals surface area contributed by atoms with Crippen LogP contribution in [0.2, 0.25) is 0 Å². The van der Waals surface area contributed by atoms with Crippen molar-refractivity contribution < 1.29 is 0 Å². The Morgan fingerprint density at radius 2 is 0.695 bits per heavy atom. The monoisotopic (exact) mass is 751 g/mol. The average molecular weight is 752 g/mol. The summed E-state index contributed by atoms with van der Waals surface area (Å²) >= 11 is 0. The van der Waals surface area contributed by atoms with Crippen LogP contribution in [0.25, 0.3) is 78.3 Å². The Morgan fingerprint density at radius 1 is 0.254 bits per heavy atom. The minimum Gasteiger partial charge on any atom is -0.208 e. The third kappa shape index (κ3) is 5.86. The minimum atomic E-state index is -0.506. The zero-order chi connectivity index (χ0) is 39.2. The Hall–Kier alpha value is -7.75. The highest BCUT2D eigenvalue weighted by molar-refractivity contribution is 5.97. The molecule has 0 unspecified atom stereocenters. The first-order valence-electron chi connectivity index (χ1n) is 20.1. The van der Waals surface area contributed by atoms with Crippen LogP contribution in [0.1, 0.15) is 22.3 Å². The van der Waals surface area contributed by atoms with Crippen molar-refractivity contribution in [1.29, 1.82) is 0 Å². The minimum absolute atomic E-state index is 0.506. The van der Waals surface area contributed by atoms with Crippen LogP contribution in [0.5, 0.6) is 0 Å². The number of nitrogens with zero attached hydrogens (tertiary/aromatic N) is 3. The maximum Gasteiger partial charge on any atom is 0.164 e. The lowest BCUT2D eigenvalue weighted by atomic mass is 9.67. The van der Waals surface area contributed by atoms with Gasteiger partial charge in [-0.25, -0.2) is 15.0 Å². The van der Waals surface area contributed by atoms with Crippen LogP contribution in [0.3, 0.4) is 0 Å². The molecule has 0 aliphatic heterocycles. The lowest BCUT2D eigenvalue weighted by Crippen LogP contribution is -2.28. The molecule has 0 N–H and O–H groups in total. The van der Waals surface area contributed by atoms with Crippen molar-refractivity contribution in [3.8, 4) is 67.5 Å². The fourth-order valence-corrected chi connectivity index (χ4v) is 9.06. The van der Waals surface area contributed by atoms with E-state index in [2.05, 4.69) is 164 Å². The van der Waals surface area contributed by atoms with Gasteiger partial charge in [-0.15, -0.1) is 0 Å². The van der Waals surface area contributed by atoms with E-state index in [-0.39, 0.29) is 0 Å². The first-order valence-corrected chi connectivity index (χ1v) is 20.1. The molecule has 0 bridgehead atoms. The highest BCUT2D eigenvalue weighted by atomic mass is 15.0. The van der Waals surface area contributed by atoms with Crippen LogP contribution in [0.15, 0.2) is 224 Å². The van der Waals surface area contributed by atoms with Crippen molar-refractivity contribution in [2.75, 3.05) is 0 Å². The van der Waals surface area contributed by atoms with Gasteiger partial charge < -0.3 is 0 Å². The van der Waals surface area contributed by atoms with E-state index in [4.69, 9.17) is 15.0 Å². The largest absolute Gasteiger partial charge is 0.208 e. The van der Waals surface area contributed by atoms with Crippen LogP contribution in [-0.2, 0) is 5.41 Å². The van der Waals surface area contributed by atoms with Gasteiger partial charge in [-0.2, -0.15) is 0 Å². The Balaban J connectivity index is 1.13. The number of fused-ring (bicyclic) bond motifs is 4. The van der Waals surface area contributed by atoms with Gasteiger partial charge in [0.2, 0.25) is 0 Å². The molecule has 10 aromatic rings. The summed E-state index contributed by atoms with van der Waals surface area (Å²) < 4.78 is 0. The van der Waals surface area contributed by atoms with Gasteiger partial charge in [0.1, 0.15) is 0 Å². The molecular formula is C56H37N3. The fourth-order valence-electron chi connectivity index (χ4n) is 9.06. The van der Waals surface area contributed by atoms with Crippen molar-refractivity contribution in [2.45, 2.75) is 5.41 Å². The molecule has 1 heterocycles. The number of rotatable bonds is 7. The highest BCUT2D eigenvalue weighted by Crippen LogP contribution is 2.58. The summed E-state index contributed by atoms with van der Waals surface area (Å²) in [6.45, 7) is 0. The predicted octanol–water partition coefficient (Wildman–Crippen LogP) is 13.7. The van der Waals surface area contributed by atoms with E-state index in [9.17, 15) is 0 Å². The van der Waals surface area contributed by atoms with Gasteiger partial charge in [0.05, 0.1) is 5.41 Å². The summed E-state index contributed by atoms with van der Waals surface area (Å²) in [6, 6.07) is 80.4. The van der Waals surface area contributed by atoms with Crippen molar-refractivity contribution in [3.63, 3.8) is 0 Å². The molecule has 11 rings (SSSR count). The highest BCUT2D eigenvalue weighted by Gasteiger charge is 2.46. The van der Waals surface area contributed by atoms with E-state index in [0.717, 1.165) is 22.3 Å². The van der Waals surface area contributed by atoms with E-state index in [1.54, 1.807) is 0 Å². The molecule has 0 amide bonds. The van der Waals surface area contributed by atoms with Gasteiger partial charge in [0, 0.05) is 16.7 Å². The molecule has 276 valence electrons. The predicted molar refractivity (Wildman–Crippen MR) is 242 cm³/mol. The quantitative estimate of drug-likeness (QED) is 0.163. The zero-order valence-electron chi connectivity index (χ0n) is 32.2. The summed E-state index contributed by atoms with van der Waals surface area (Å²) in [5, 5.41) is 2.44. The van der Waals surface area contributed by atoms with Crippen molar-refractivity contribution in [3.05, 3.63) is 247 Å². The Bertz CT molecular complexity index is 3030. The number of benzene rings is 9. The third-order valence-corrected chi connectivity index (χ3v) is 11.8. The van der Waals surface area contributed by atoms with Crippen molar-refractivity contribution in [1.82, 2.24) is 15.0 Å². The number of aromatic nitrogens is 3. The molecule has 0 saturated carbocycles. The van der Waals surface area contributed by atoms with Gasteiger partial charge in [-0.1, -0.05) is 206 Å². The van der Waals surface area contributed by atoms with E-state index in [1.807, 2.05) is 60.7 Å². The molecule has 9 aromatic carbocycles. The Kier molecular flexibility index (Phi) is 8.37. The number of hydrogen-bond donors (Lipinski definition) is 0. The van der Waals surface area contributed by atoms with Crippen molar-refractivity contribution >= 4 is 10.8 Å². The molecule has 0 spiro atoms. The zero-order valence-corrected chi connectivity index (χ0v) is 32.2. The first-order chi connectivity index (χ1) is 29.2. The lowest BCUT2D eigenvalue weighted by molar-refractivity contribution is 0.769. The van der Waals surface area contributed by atoms with Crippen LogP contribution < -0.4 is 0 Å². The number of hydrogen-bond acceptors (Lipinski definition) is 3. The summed E-state index contributed by atoms with van der Waals surface area (Å²) in [4.78, 5) is 15.0. The van der Waals surface area contributed by atoms with Gasteiger partial charge >= 0.3 is 0 Å². The van der Waals surface area contributed by atoms with Crippen LogP contribution in [-0.4, -0.2) is 15.0 Å².